The molecule has 4 nitrogen and oxygen atoms in total. The Morgan fingerprint density at radius 2 is 1.73 bits per heavy atom. The summed E-state index contributed by atoms with van der Waals surface area (Å²) in [6, 6.07) is 0. The van der Waals surface area contributed by atoms with E-state index >= 15 is 0 Å². The highest BCUT2D eigenvalue weighted by molar-refractivity contribution is 5.71. The van der Waals surface area contributed by atoms with Crippen molar-refractivity contribution >= 4 is 11.9 Å². The summed E-state index contributed by atoms with van der Waals surface area (Å²) in [5.74, 6) is -2.92. The van der Waals surface area contributed by atoms with Crippen molar-refractivity contribution in [1.29, 1.82) is 0 Å². The average molecular weight is 215 g/mol. The van der Waals surface area contributed by atoms with Crippen LogP contribution in [0.2, 0.25) is 0 Å². The third-order valence-electron chi connectivity index (χ3n) is 2.47. The highest BCUT2D eigenvalue weighted by Gasteiger charge is 2.19. The highest BCUT2D eigenvalue weighted by Crippen LogP contribution is 2.18. The number of aliphatic carboxylic acids is 2. The van der Waals surface area contributed by atoms with Gasteiger partial charge in [0, 0.05) is 0 Å². The van der Waals surface area contributed by atoms with E-state index in [2.05, 4.69) is 6.92 Å². The molecule has 0 saturated carbocycles. The zero-order chi connectivity index (χ0) is 11.8. The minimum absolute atomic E-state index is 0.329. The van der Waals surface area contributed by atoms with Crippen molar-refractivity contribution in [1.82, 2.24) is 0 Å². The number of carbonyl (C=O) groups is 2. The van der Waals surface area contributed by atoms with Gasteiger partial charge in [-0.1, -0.05) is 19.8 Å². The first-order valence-electron chi connectivity index (χ1n) is 5.27. The van der Waals surface area contributed by atoms with Gasteiger partial charge in [0.05, 0.1) is 11.8 Å². The van der Waals surface area contributed by atoms with E-state index in [1.165, 1.54) is 0 Å². The maximum atomic E-state index is 10.8. The van der Waals surface area contributed by atoms with E-state index in [1.807, 2.05) is 6.92 Å². The Hall–Kier alpha value is -1.06. The van der Waals surface area contributed by atoms with Crippen LogP contribution in [-0.2, 0) is 9.59 Å². The molecule has 0 aliphatic rings. The van der Waals surface area contributed by atoms with Crippen LogP contribution in [0.15, 0.2) is 0 Å². The Bertz CT molecular complexity index is 213. The number of hydrogen-bond acceptors (Lipinski definition) is 2. The second kappa shape index (κ2) is 7.26. The molecule has 0 rings (SSSR count). The average Bonchev–Trinajstić information content (AvgIpc) is 2.16. The summed E-state index contributed by atoms with van der Waals surface area (Å²) in [6.45, 7) is 5.46. The number of carboxylic acid groups (broad SMARTS) is 2. The maximum absolute atomic E-state index is 10.8. The van der Waals surface area contributed by atoms with Crippen molar-refractivity contribution < 1.29 is 19.8 Å². The summed E-state index contributed by atoms with van der Waals surface area (Å²) in [4.78, 5) is 21.3. The van der Waals surface area contributed by atoms with Crippen LogP contribution in [0.4, 0.5) is 0 Å². The van der Waals surface area contributed by atoms with Crippen molar-refractivity contribution in [2.45, 2.75) is 39.0 Å². The topological polar surface area (TPSA) is 74.6 Å². The molecule has 0 amide bonds. The molecule has 0 heterocycles. The van der Waals surface area contributed by atoms with Crippen LogP contribution in [0.1, 0.15) is 39.0 Å². The predicted octanol–water partition coefficient (Wildman–Crippen LogP) is 2.19. The monoisotopic (exact) mass is 215 g/mol. The third-order valence-corrected chi connectivity index (χ3v) is 2.47. The minimum Gasteiger partial charge on any atom is -0.481 e. The number of rotatable bonds is 8. The molecule has 0 aliphatic carbocycles. The first-order chi connectivity index (χ1) is 6.99. The molecule has 87 valence electrons. The molecule has 0 saturated heterocycles. The SMILES string of the molecule is [CH2]C(CCC(CCCC)C(=O)O)C(=O)O. The number of hydrogen-bond donors (Lipinski definition) is 2. The lowest BCUT2D eigenvalue weighted by Crippen LogP contribution is -2.17. The van der Waals surface area contributed by atoms with Gasteiger partial charge >= 0.3 is 11.9 Å². The lowest BCUT2D eigenvalue weighted by Gasteiger charge is -2.13. The minimum atomic E-state index is -0.963. The van der Waals surface area contributed by atoms with Crippen LogP contribution < -0.4 is 0 Å². The van der Waals surface area contributed by atoms with Gasteiger partial charge in [-0.2, -0.15) is 0 Å². The van der Waals surface area contributed by atoms with E-state index in [9.17, 15) is 9.59 Å². The molecule has 2 atom stereocenters. The Morgan fingerprint density at radius 3 is 2.13 bits per heavy atom. The van der Waals surface area contributed by atoms with Crippen molar-refractivity contribution in [3.63, 3.8) is 0 Å². The Kier molecular flexibility index (Phi) is 6.75. The van der Waals surface area contributed by atoms with E-state index in [4.69, 9.17) is 10.2 Å². The second-order valence-corrected chi connectivity index (χ2v) is 3.79. The van der Waals surface area contributed by atoms with E-state index < -0.39 is 23.8 Å². The Balaban J connectivity index is 3.95. The molecular weight excluding hydrogens is 196 g/mol. The molecule has 0 aromatic heterocycles. The highest BCUT2D eigenvalue weighted by atomic mass is 16.4. The zero-order valence-corrected chi connectivity index (χ0v) is 9.11. The molecule has 0 aromatic carbocycles. The lowest BCUT2D eigenvalue weighted by atomic mass is 9.93. The van der Waals surface area contributed by atoms with Crippen LogP contribution in [0.25, 0.3) is 0 Å². The fourth-order valence-corrected chi connectivity index (χ4v) is 1.37. The maximum Gasteiger partial charge on any atom is 0.306 e. The largest absolute Gasteiger partial charge is 0.481 e. The van der Waals surface area contributed by atoms with Gasteiger partial charge < -0.3 is 10.2 Å². The number of unbranched alkanes of at least 4 members (excludes halogenated alkanes) is 1. The molecule has 0 aliphatic heterocycles. The Labute approximate surface area is 90.3 Å². The van der Waals surface area contributed by atoms with Gasteiger partial charge in [0.25, 0.3) is 0 Å². The summed E-state index contributed by atoms with van der Waals surface area (Å²) >= 11 is 0. The van der Waals surface area contributed by atoms with Crippen molar-refractivity contribution in [2.24, 2.45) is 11.8 Å². The third kappa shape index (κ3) is 6.10. The molecule has 4 heteroatoms. The Morgan fingerprint density at radius 1 is 1.13 bits per heavy atom. The molecule has 0 spiro atoms. The molecule has 0 fully saturated rings. The van der Waals surface area contributed by atoms with Crippen molar-refractivity contribution in [3.8, 4) is 0 Å². The summed E-state index contributed by atoms with van der Waals surface area (Å²) in [6.07, 6.45) is 3.17. The summed E-state index contributed by atoms with van der Waals surface area (Å²) in [5, 5.41) is 17.5. The molecule has 2 unspecified atom stereocenters. The summed E-state index contributed by atoms with van der Waals surface area (Å²) in [7, 11) is 0. The van der Waals surface area contributed by atoms with Gasteiger partial charge in [0.2, 0.25) is 0 Å². The normalized spacial score (nSPS) is 14.5. The van der Waals surface area contributed by atoms with Gasteiger partial charge in [0.1, 0.15) is 0 Å². The van der Waals surface area contributed by atoms with Gasteiger partial charge in [0.15, 0.2) is 0 Å². The van der Waals surface area contributed by atoms with Crippen LogP contribution in [0.5, 0.6) is 0 Å². The van der Waals surface area contributed by atoms with E-state index in [0.29, 0.717) is 19.3 Å². The summed E-state index contributed by atoms with van der Waals surface area (Å²) < 4.78 is 0. The van der Waals surface area contributed by atoms with E-state index in [1.54, 1.807) is 0 Å². The molecule has 1 radical (unpaired) electrons. The van der Waals surface area contributed by atoms with Gasteiger partial charge in [-0.25, -0.2) is 0 Å². The molecule has 0 aromatic rings. The summed E-state index contributed by atoms with van der Waals surface area (Å²) in [5.41, 5.74) is 0. The first kappa shape index (κ1) is 13.9. The fraction of sp³-hybridized carbons (Fsp3) is 0.727. The molecule has 0 bridgehead atoms. The van der Waals surface area contributed by atoms with Gasteiger partial charge in [-0.05, 0) is 26.2 Å². The van der Waals surface area contributed by atoms with Crippen LogP contribution in [0.3, 0.4) is 0 Å². The van der Waals surface area contributed by atoms with Crippen LogP contribution in [0, 0.1) is 18.8 Å². The van der Waals surface area contributed by atoms with E-state index in [0.717, 1.165) is 12.8 Å². The first-order valence-corrected chi connectivity index (χ1v) is 5.27. The molecule has 15 heavy (non-hydrogen) atoms. The lowest BCUT2D eigenvalue weighted by molar-refractivity contribution is -0.144. The van der Waals surface area contributed by atoms with E-state index in [-0.39, 0.29) is 0 Å². The molecule has 2 N–H and O–H groups in total. The van der Waals surface area contributed by atoms with Crippen molar-refractivity contribution in [3.05, 3.63) is 6.92 Å². The number of carboxylic acids is 2. The predicted molar refractivity (Wildman–Crippen MR) is 56.4 cm³/mol. The quantitative estimate of drug-likeness (QED) is 0.650. The van der Waals surface area contributed by atoms with Crippen LogP contribution in [-0.4, -0.2) is 22.2 Å². The van der Waals surface area contributed by atoms with Gasteiger partial charge in [-0.3, -0.25) is 9.59 Å². The second-order valence-electron chi connectivity index (χ2n) is 3.79. The smallest absolute Gasteiger partial charge is 0.306 e. The fourth-order valence-electron chi connectivity index (χ4n) is 1.37. The van der Waals surface area contributed by atoms with Crippen molar-refractivity contribution in [2.75, 3.05) is 0 Å². The zero-order valence-electron chi connectivity index (χ0n) is 9.11. The van der Waals surface area contributed by atoms with Gasteiger partial charge in [-0.15, -0.1) is 0 Å². The standard InChI is InChI=1S/C11H19O4/c1-3-4-5-9(11(14)15)7-6-8(2)10(12)13/h8-9H,2-7H2,1H3,(H,12,13)(H,14,15). The van der Waals surface area contributed by atoms with Crippen LogP contribution >= 0.6 is 0 Å². The molecular formula is C11H19O4.